The Bertz CT molecular complexity index is 1220. The lowest BCUT2D eigenvalue weighted by Crippen LogP contribution is -2.45. The van der Waals surface area contributed by atoms with Crippen LogP contribution in [-0.2, 0) is 21.4 Å². The first-order chi connectivity index (χ1) is 15.3. The van der Waals surface area contributed by atoms with E-state index in [1.54, 1.807) is 24.3 Å². The molecular formula is C21H20ClFN4O4S. The molecule has 1 aliphatic rings. The molecule has 8 nitrogen and oxygen atoms in total. The van der Waals surface area contributed by atoms with E-state index >= 15 is 0 Å². The number of carbonyl (C=O) groups is 1. The minimum Gasteiger partial charge on any atom is -0.347 e. The van der Waals surface area contributed by atoms with Gasteiger partial charge in [-0.25, -0.2) is 12.8 Å². The van der Waals surface area contributed by atoms with Gasteiger partial charge in [0.2, 0.25) is 27.6 Å². The van der Waals surface area contributed by atoms with Gasteiger partial charge in [-0.3, -0.25) is 4.79 Å². The van der Waals surface area contributed by atoms with Gasteiger partial charge in [0, 0.05) is 18.7 Å². The van der Waals surface area contributed by atoms with Gasteiger partial charge in [0.1, 0.15) is 5.82 Å². The topological polar surface area (TPSA) is 105 Å². The van der Waals surface area contributed by atoms with E-state index in [9.17, 15) is 17.6 Å². The average Bonchev–Trinajstić information content (AvgIpc) is 3.27. The van der Waals surface area contributed by atoms with Crippen molar-refractivity contribution < 1.29 is 22.1 Å². The van der Waals surface area contributed by atoms with Crippen molar-refractivity contribution in [2.45, 2.75) is 24.3 Å². The molecule has 2 heterocycles. The third-order valence-corrected chi connectivity index (χ3v) is 7.41. The van der Waals surface area contributed by atoms with Crippen molar-refractivity contribution in [1.82, 2.24) is 19.8 Å². The van der Waals surface area contributed by atoms with Gasteiger partial charge in [0.05, 0.1) is 22.4 Å². The minimum atomic E-state index is -3.81. The molecule has 11 heteroatoms. The number of aromatic nitrogens is 2. The maximum Gasteiger partial charge on any atom is 0.246 e. The molecule has 1 amide bonds. The number of nitrogens with one attached hydrogen (secondary N) is 1. The van der Waals surface area contributed by atoms with Crippen molar-refractivity contribution in [3.8, 4) is 11.4 Å². The molecule has 1 saturated heterocycles. The Balaban J connectivity index is 1.38. The zero-order valence-corrected chi connectivity index (χ0v) is 18.4. The van der Waals surface area contributed by atoms with Gasteiger partial charge >= 0.3 is 0 Å². The van der Waals surface area contributed by atoms with Gasteiger partial charge in [0.25, 0.3) is 0 Å². The van der Waals surface area contributed by atoms with Crippen LogP contribution in [-0.4, -0.2) is 41.9 Å². The number of piperidine rings is 1. The second-order valence-electron chi connectivity index (χ2n) is 7.37. The molecule has 4 rings (SSSR count). The van der Waals surface area contributed by atoms with Gasteiger partial charge < -0.3 is 9.84 Å². The fourth-order valence-electron chi connectivity index (χ4n) is 3.52. The molecule has 1 aliphatic heterocycles. The number of hydrogen-bond donors (Lipinski definition) is 1. The van der Waals surface area contributed by atoms with Crippen molar-refractivity contribution in [3.05, 3.63) is 65.3 Å². The van der Waals surface area contributed by atoms with Gasteiger partial charge in [-0.15, -0.1) is 0 Å². The monoisotopic (exact) mass is 478 g/mol. The standard InChI is InChI=1S/C21H20ClFN4O4S/c22-18-6-2-1-5-17(18)20-25-19(31-26-20)12-24-21(28)14-4-3-11-27(13-14)32(29,30)16-9-7-15(23)8-10-16/h1-2,5-10,14H,3-4,11-13H2,(H,24,28). The zero-order valence-electron chi connectivity index (χ0n) is 16.9. The molecular weight excluding hydrogens is 459 g/mol. The average molecular weight is 479 g/mol. The number of nitrogens with zero attached hydrogens (tertiary/aromatic N) is 3. The first-order valence-electron chi connectivity index (χ1n) is 9.95. The largest absolute Gasteiger partial charge is 0.347 e. The Morgan fingerprint density at radius 1 is 1.22 bits per heavy atom. The lowest BCUT2D eigenvalue weighted by atomic mass is 9.99. The van der Waals surface area contributed by atoms with E-state index in [0.717, 1.165) is 12.1 Å². The lowest BCUT2D eigenvalue weighted by Gasteiger charge is -2.31. The minimum absolute atomic E-state index is 0.00193. The fraction of sp³-hybridized carbons (Fsp3) is 0.286. The van der Waals surface area contributed by atoms with Crippen LogP contribution in [0.5, 0.6) is 0 Å². The highest BCUT2D eigenvalue weighted by molar-refractivity contribution is 7.89. The van der Waals surface area contributed by atoms with Crippen LogP contribution in [0.3, 0.4) is 0 Å². The fourth-order valence-corrected chi connectivity index (χ4v) is 5.26. The Morgan fingerprint density at radius 2 is 1.97 bits per heavy atom. The van der Waals surface area contributed by atoms with Gasteiger partial charge in [-0.2, -0.15) is 9.29 Å². The van der Waals surface area contributed by atoms with E-state index in [-0.39, 0.29) is 29.8 Å². The summed E-state index contributed by atoms with van der Waals surface area (Å²) in [5, 5.41) is 7.09. The number of rotatable bonds is 6. The molecule has 1 aromatic heterocycles. The third kappa shape index (κ3) is 4.82. The molecule has 0 bridgehead atoms. The summed E-state index contributed by atoms with van der Waals surface area (Å²) in [6.07, 6.45) is 1.09. The summed E-state index contributed by atoms with van der Waals surface area (Å²) in [4.78, 5) is 16.9. The number of hydrogen-bond acceptors (Lipinski definition) is 6. The molecule has 2 aromatic carbocycles. The second kappa shape index (κ2) is 9.35. The quantitative estimate of drug-likeness (QED) is 0.583. The number of carbonyl (C=O) groups excluding carboxylic acids is 1. The highest BCUT2D eigenvalue weighted by atomic mass is 35.5. The molecule has 0 aliphatic carbocycles. The molecule has 1 unspecified atom stereocenters. The molecule has 0 saturated carbocycles. The number of halogens is 2. The molecule has 0 radical (unpaired) electrons. The van der Waals surface area contributed by atoms with Crippen LogP contribution in [0, 0.1) is 11.7 Å². The Hall–Kier alpha value is -2.82. The summed E-state index contributed by atoms with van der Waals surface area (Å²) in [5.74, 6) is -0.820. The molecule has 3 aromatic rings. The smallest absolute Gasteiger partial charge is 0.246 e. The first kappa shape index (κ1) is 22.4. The SMILES string of the molecule is O=C(NCc1nc(-c2ccccc2Cl)no1)C1CCCN(S(=O)(=O)c2ccc(F)cc2)C1. The van der Waals surface area contributed by atoms with E-state index in [1.807, 2.05) is 0 Å². The van der Waals surface area contributed by atoms with Crippen LogP contribution < -0.4 is 5.32 Å². The number of benzene rings is 2. The van der Waals surface area contributed by atoms with Crippen LogP contribution >= 0.6 is 11.6 Å². The Morgan fingerprint density at radius 3 is 2.72 bits per heavy atom. The number of amides is 1. The summed E-state index contributed by atoms with van der Waals surface area (Å²) in [7, 11) is -3.81. The molecule has 1 N–H and O–H groups in total. The van der Waals surface area contributed by atoms with Crippen LogP contribution in [0.1, 0.15) is 18.7 Å². The summed E-state index contributed by atoms with van der Waals surface area (Å²) < 4.78 is 45.3. The van der Waals surface area contributed by atoms with E-state index < -0.39 is 21.8 Å². The Labute approximate surface area is 189 Å². The molecule has 168 valence electrons. The van der Waals surface area contributed by atoms with E-state index in [2.05, 4.69) is 15.5 Å². The van der Waals surface area contributed by atoms with Crippen molar-refractivity contribution in [2.24, 2.45) is 5.92 Å². The Kier molecular flexibility index (Phi) is 6.54. The normalized spacial score (nSPS) is 17.2. The van der Waals surface area contributed by atoms with Crippen LogP contribution in [0.25, 0.3) is 11.4 Å². The van der Waals surface area contributed by atoms with Crippen LogP contribution in [0.15, 0.2) is 57.9 Å². The molecule has 1 atom stereocenters. The third-order valence-electron chi connectivity index (χ3n) is 5.20. The second-order valence-corrected chi connectivity index (χ2v) is 9.71. The summed E-state index contributed by atoms with van der Waals surface area (Å²) in [5.41, 5.74) is 0.615. The van der Waals surface area contributed by atoms with Gasteiger partial charge in [-0.1, -0.05) is 28.9 Å². The molecule has 0 spiro atoms. The number of sulfonamides is 1. The zero-order chi connectivity index (χ0) is 22.7. The first-order valence-corrected chi connectivity index (χ1v) is 11.8. The van der Waals surface area contributed by atoms with Crippen molar-refractivity contribution in [2.75, 3.05) is 13.1 Å². The summed E-state index contributed by atoms with van der Waals surface area (Å²) in [6.45, 7) is 0.353. The predicted octanol–water partition coefficient (Wildman–Crippen LogP) is 3.25. The maximum absolute atomic E-state index is 13.1. The maximum atomic E-state index is 13.1. The van der Waals surface area contributed by atoms with Gasteiger partial charge in [0.15, 0.2) is 0 Å². The predicted molar refractivity (Wildman–Crippen MR) is 114 cm³/mol. The van der Waals surface area contributed by atoms with Crippen molar-refractivity contribution in [3.63, 3.8) is 0 Å². The van der Waals surface area contributed by atoms with Crippen LogP contribution in [0.2, 0.25) is 5.02 Å². The van der Waals surface area contributed by atoms with E-state index in [0.29, 0.717) is 35.8 Å². The van der Waals surface area contributed by atoms with E-state index in [4.69, 9.17) is 16.1 Å². The molecule has 1 fully saturated rings. The summed E-state index contributed by atoms with van der Waals surface area (Å²) in [6, 6.07) is 11.7. The highest BCUT2D eigenvalue weighted by Gasteiger charge is 2.33. The van der Waals surface area contributed by atoms with E-state index in [1.165, 1.54) is 16.4 Å². The van der Waals surface area contributed by atoms with Crippen molar-refractivity contribution >= 4 is 27.5 Å². The highest BCUT2D eigenvalue weighted by Crippen LogP contribution is 2.26. The van der Waals surface area contributed by atoms with Gasteiger partial charge in [-0.05, 0) is 49.2 Å². The van der Waals surface area contributed by atoms with Crippen LogP contribution in [0.4, 0.5) is 4.39 Å². The summed E-state index contributed by atoms with van der Waals surface area (Å²) >= 11 is 6.14. The van der Waals surface area contributed by atoms with Crippen molar-refractivity contribution in [1.29, 1.82) is 0 Å². The molecule has 32 heavy (non-hydrogen) atoms. The lowest BCUT2D eigenvalue weighted by molar-refractivity contribution is -0.126.